The fourth-order valence-corrected chi connectivity index (χ4v) is 4.09. The van der Waals surface area contributed by atoms with Crippen molar-refractivity contribution >= 4 is 23.2 Å². The van der Waals surface area contributed by atoms with Gasteiger partial charge < -0.3 is 10.1 Å². The van der Waals surface area contributed by atoms with Crippen molar-refractivity contribution in [2.75, 3.05) is 5.32 Å². The van der Waals surface area contributed by atoms with E-state index < -0.39 is 11.7 Å². The third-order valence-corrected chi connectivity index (χ3v) is 5.22. The van der Waals surface area contributed by atoms with Gasteiger partial charge in [0.1, 0.15) is 11.4 Å². The van der Waals surface area contributed by atoms with Crippen molar-refractivity contribution in [1.29, 1.82) is 0 Å². The maximum atomic E-state index is 12.1. The molecule has 0 bridgehead atoms. The molecule has 1 amide bonds. The third-order valence-electron chi connectivity index (χ3n) is 4.22. The number of ether oxygens (including phenoxy) is 1. The van der Waals surface area contributed by atoms with Crippen LogP contribution in [0.15, 0.2) is 17.6 Å². The highest BCUT2D eigenvalue weighted by Crippen LogP contribution is 2.33. The van der Waals surface area contributed by atoms with Crippen LogP contribution in [0.3, 0.4) is 0 Å². The van der Waals surface area contributed by atoms with E-state index in [4.69, 9.17) is 4.74 Å². The number of anilines is 1. The number of nitrogens with one attached hydrogen (secondary N) is 2. The standard InChI is InChI=1S/C18H26N4O2S/c1-18(2,3)24-17(23)21-16-12(11-20-22(16)4)10-19-14-6-5-7-15-13(14)8-9-25-15/h8-9,11,14,19H,5-7,10H2,1-4H3,(H,21,23). The van der Waals surface area contributed by atoms with Gasteiger partial charge in [0.2, 0.25) is 0 Å². The Morgan fingerprint density at radius 1 is 1.48 bits per heavy atom. The van der Waals surface area contributed by atoms with E-state index in [0.717, 1.165) is 12.0 Å². The summed E-state index contributed by atoms with van der Waals surface area (Å²) < 4.78 is 7.01. The van der Waals surface area contributed by atoms with Crippen LogP contribution >= 0.6 is 11.3 Å². The Labute approximate surface area is 152 Å². The zero-order valence-electron chi connectivity index (χ0n) is 15.3. The summed E-state index contributed by atoms with van der Waals surface area (Å²) in [4.78, 5) is 13.6. The molecule has 2 N–H and O–H groups in total. The molecule has 0 fully saturated rings. The van der Waals surface area contributed by atoms with Gasteiger partial charge >= 0.3 is 6.09 Å². The molecule has 1 aliphatic carbocycles. The van der Waals surface area contributed by atoms with Crippen molar-refractivity contribution in [3.05, 3.63) is 33.6 Å². The second kappa shape index (κ2) is 7.17. The van der Waals surface area contributed by atoms with E-state index in [9.17, 15) is 4.79 Å². The minimum absolute atomic E-state index is 0.365. The zero-order valence-corrected chi connectivity index (χ0v) is 16.1. The van der Waals surface area contributed by atoms with E-state index in [1.54, 1.807) is 10.9 Å². The third kappa shape index (κ3) is 4.41. The van der Waals surface area contributed by atoms with Crippen molar-refractivity contribution in [3.8, 4) is 0 Å². The average Bonchev–Trinajstić information content (AvgIpc) is 3.12. The van der Waals surface area contributed by atoms with Crippen molar-refractivity contribution in [1.82, 2.24) is 15.1 Å². The van der Waals surface area contributed by atoms with Gasteiger partial charge in [0.25, 0.3) is 0 Å². The molecule has 2 aromatic heterocycles. The van der Waals surface area contributed by atoms with Gasteiger partial charge in [-0.1, -0.05) is 0 Å². The maximum absolute atomic E-state index is 12.1. The molecule has 3 rings (SSSR count). The van der Waals surface area contributed by atoms with Crippen LogP contribution < -0.4 is 10.6 Å². The SMILES string of the molecule is Cn1ncc(CNC2CCCc3sccc32)c1NC(=O)OC(C)(C)C. The molecule has 1 atom stereocenters. The minimum atomic E-state index is -0.529. The van der Waals surface area contributed by atoms with Gasteiger partial charge in [-0.05, 0) is 57.0 Å². The lowest BCUT2D eigenvalue weighted by atomic mass is 9.94. The fourth-order valence-electron chi connectivity index (χ4n) is 3.11. The number of thiophene rings is 1. The summed E-state index contributed by atoms with van der Waals surface area (Å²) in [7, 11) is 1.81. The first-order valence-corrected chi connectivity index (χ1v) is 9.52. The largest absolute Gasteiger partial charge is 0.444 e. The Morgan fingerprint density at radius 2 is 2.28 bits per heavy atom. The Kier molecular flexibility index (Phi) is 5.15. The Hall–Kier alpha value is -1.86. The van der Waals surface area contributed by atoms with Gasteiger partial charge in [-0.2, -0.15) is 5.10 Å². The van der Waals surface area contributed by atoms with Crippen LogP contribution in [-0.4, -0.2) is 21.5 Å². The molecule has 2 aromatic rings. The Balaban J connectivity index is 1.66. The molecular weight excluding hydrogens is 336 g/mol. The number of amides is 1. The first-order valence-electron chi connectivity index (χ1n) is 8.64. The van der Waals surface area contributed by atoms with Gasteiger partial charge in [-0.15, -0.1) is 11.3 Å². The van der Waals surface area contributed by atoms with Gasteiger partial charge in [-0.25, -0.2) is 4.79 Å². The number of hydrogen-bond donors (Lipinski definition) is 2. The first-order chi connectivity index (χ1) is 11.8. The molecule has 0 aliphatic heterocycles. The lowest BCUT2D eigenvalue weighted by Crippen LogP contribution is -2.29. The molecule has 136 valence electrons. The second-order valence-electron chi connectivity index (χ2n) is 7.39. The van der Waals surface area contributed by atoms with Crippen molar-refractivity contribution < 1.29 is 9.53 Å². The number of fused-ring (bicyclic) bond motifs is 1. The second-order valence-corrected chi connectivity index (χ2v) is 8.39. The molecule has 0 spiro atoms. The number of hydrogen-bond acceptors (Lipinski definition) is 5. The van der Waals surface area contributed by atoms with E-state index in [0.29, 0.717) is 18.4 Å². The Bertz CT molecular complexity index is 745. The smallest absolute Gasteiger partial charge is 0.413 e. The van der Waals surface area contributed by atoms with Crippen molar-refractivity contribution in [2.24, 2.45) is 7.05 Å². The van der Waals surface area contributed by atoms with E-state index in [2.05, 4.69) is 27.2 Å². The summed E-state index contributed by atoms with van der Waals surface area (Å²) in [6.07, 6.45) is 4.86. The van der Waals surface area contributed by atoms with Crippen molar-refractivity contribution in [2.45, 2.75) is 58.2 Å². The number of nitrogens with zero attached hydrogens (tertiary/aromatic N) is 2. The highest BCUT2D eigenvalue weighted by atomic mass is 32.1. The van der Waals surface area contributed by atoms with E-state index in [1.165, 1.54) is 23.3 Å². The fraction of sp³-hybridized carbons (Fsp3) is 0.556. The van der Waals surface area contributed by atoms with Crippen LogP contribution in [0.25, 0.3) is 0 Å². The number of aromatic nitrogens is 2. The Morgan fingerprint density at radius 3 is 3.04 bits per heavy atom. The summed E-state index contributed by atoms with van der Waals surface area (Å²) in [6, 6.07) is 2.59. The summed E-state index contributed by atoms with van der Waals surface area (Å²) >= 11 is 1.84. The van der Waals surface area contributed by atoms with Crippen LogP contribution in [0, 0.1) is 0 Å². The number of carbonyl (C=O) groups is 1. The quantitative estimate of drug-likeness (QED) is 0.863. The molecule has 0 saturated heterocycles. The highest BCUT2D eigenvalue weighted by Gasteiger charge is 2.22. The molecule has 0 saturated carbocycles. The minimum Gasteiger partial charge on any atom is -0.444 e. The van der Waals surface area contributed by atoms with Crippen LogP contribution in [0.5, 0.6) is 0 Å². The van der Waals surface area contributed by atoms with E-state index in [-0.39, 0.29) is 0 Å². The molecule has 2 heterocycles. The van der Waals surface area contributed by atoms with E-state index in [1.807, 2.05) is 39.2 Å². The summed E-state index contributed by atoms with van der Waals surface area (Å²) in [5, 5.41) is 12.9. The average molecular weight is 362 g/mol. The molecule has 0 radical (unpaired) electrons. The molecule has 6 nitrogen and oxygen atoms in total. The monoisotopic (exact) mass is 362 g/mol. The van der Waals surface area contributed by atoms with Crippen LogP contribution in [-0.2, 0) is 24.8 Å². The molecule has 1 unspecified atom stereocenters. The van der Waals surface area contributed by atoms with E-state index >= 15 is 0 Å². The highest BCUT2D eigenvalue weighted by molar-refractivity contribution is 7.10. The molecular formula is C18H26N4O2S. The molecule has 7 heteroatoms. The lowest BCUT2D eigenvalue weighted by Gasteiger charge is -2.24. The normalized spacial score (nSPS) is 17.2. The van der Waals surface area contributed by atoms with Crippen LogP contribution in [0.2, 0.25) is 0 Å². The number of carbonyl (C=O) groups excluding carboxylic acids is 1. The van der Waals surface area contributed by atoms with Gasteiger partial charge in [-0.3, -0.25) is 10.00 Å². The predicted octanol–water partition coefficient (Wildman–Crippen LogP) is 4.00. The topological polar surface area (TPSA) is 68.2 Å². The maximum Gasteiger partial charge on any atom is 0.413 e. The van der Waals surface area contributed by atoms with Crippen LogP contribution in [0.1, 0.15) is 55.7 Å². The van der Waals surface area contributed by atoms with Gasteiger partial charge in [0.15, 0.2) is 0 Å². The lowest BCUT2D eigenvalue weighted by molar-refractivity contribution is 0.0634. The predicted molar refractivity (Wildman–Crippen MR) is 99.9 cm³/mol. The molecule has 1 aliphatic rings. The van der Waals surface area contributed by atoms with Gasteiger partial charge in [0, 0.05) is 30.1 Å². The summed E-state index contributed by atoms with van der Waals surface area (Å²) in [5.41, 5.74) is 1.84. The van der Waals surface area contributed by atoms with Gasteiger partial charge in [0.05, 0.1) is 6.20 Å². The molecule has 25 heavy (non-hydrogen) atoms. The summed E-state index contributed by atoms with van der Waals surface area (Å²) in [5.74, 6) is 0.670. The van der Waals surface area contributed by atoms with Crippen LogP contribution in [0.4, 0.5) is 10.6 Å². The number of rotatable bonds is 4. The van der Waals surface area contributed by atoms with Crippen molar-refractivity contribution in [3.63, 3.8) is 0 Å². The summed E-state index contributed by atoms with van der Waals surface area (Å²) in [6.45, 7) is 6.19. The number of aryl methyl sites for hydroxylation is 2. The zero-order chi connectivity index (χ0) is 18.0. The first kappa shape index (κ1) is 17.9. The molecule has 0 aromatic carbocycles.